The molecule has 188 valence electrons. The van der Waals surface area contributed by atoms with Gasteiger partial charge in [0.05, 0.1) is 12.1 Å². The molecule has 1 atom stereocenters. The maximum Gasteiger partial charge on any atom is 0.261 e. The van der Waals surface area contributed by atoms with Crippen molar-refractivity contribution in [3.05, 3.63) is 63.5 Å². The van der Waals surface area contributed by atoms with Gasteiger partial charge < -0.3 is 10.2 Å². The number of alkyl halides is 3. The zero-order chi connectivity index (χ0) is 26.2. The number of pyridine rings is 2. The number of rotatable bonds is 7. The molecule has 2 heterocycles. The maximum absolute atomic E-state index is 14.6. The van der Waals surface area contributed by atoms with Crippen molar-refractivity contribution >= 4 is 22.8 Å². The molecule has 0 aliphatic heterocycles. The highest BCUT2D eigenvalue weighted by atomic mass is 19.3. The van der Waals surface area contributed by atoms with E-state index in [0.29, 0.717) is 29.0 Å². The van der Waals surface area contributed by atoms with Crippen LogP contribution < -0.4 is 15.6 Å². The number of fused-ring (bicyclic) bond motifs is 1. The number of carbonyl (C=O) groups is 1. The normalized spacial score (nSPS) is 13.2. The summed E-state index contributed by atoms with van der Waals surface area (Å²) >= 11 is 0. The Balaban J connectivity index is 2.37. The van der Waals surface area contributed by atoms with Crippen molar-refractivity contribution in [3.8, 4) is 5.69 Å². The van der Waals surface area contributed by atoms with Crippen molar-refractivity contribution in [1.29, 1.82) is 0 Å². The van der Waals surface area contributed by atoms with Crippen LogP contribution in [0.1, 0.15) is 23.7 Å². The van der Waals surface area contributed by atoms with Gasteiger partial charge in [-0.1, -0.05) is 0 Å². The topological polar surface area (TPSA) is 67.2 Å². The Morgan fingerprint density at radius 1 is 1.11 bits per heavy atom. The van der Waals surface area contributed by atoms with Crippen LogP contribution in [-0.4, -0.2) is 48.2 Å². The third-order valence-corrected chi connectivity index (χ3v) is 5.30. The number of hydrogen-bond donors (Lipinski definition) is 1. The van der Waals surface area contributed by atoms with Crippen molar-refractivity contribution < 1.29 is 35.5 Å². The van der Waals surface area contributed by atoms with Gasteiger partial charge in [-0.3, -0.25) is 18.5 Å². The fraction of sp³-hybridized carbons (Fsp3) is 0.318. The number of aromatic nitrogens is 2. The Bertz CT molecular complexity index is 1340. The fourth-order valence-electron chi connectivity index (χ4n) is 3.37. The second kappa shape index (κ2) is 9.55. The number of amides is 1. The van der Waals surface area contributed by atoms with Crippen LogP contribution in [0.25, 0.3) is 16.7 Å². The average Bonchev–Trinajstić information content (AvgIpc) is 2.74. The van der Waals surface area contributed by atoms with Crippen molar-refractivity contribution in [2.45, 2.75) is 25.3 Å². The molecule has 6 nitrogen and oxygen atoms in total. The van der Waals surface area contributed by atoms with Crippen LogP contribution >= 0.6 is 0 Å². The van der Waals surface area contributed by atoms with Gasteiger partial charge in [-0.25, -0.2) is 31.3 Å². The van der Waals surface area contributed by atoms with E-state index in [2.05, 4.69) is 4.98 Å². The molecule has 3 rings (SSSR count). The van der Waals surface area contributed by atoms with Crippen molar-refractivity contribution in [2.24, 2.45) is 0 Å². The number of halogens is 7. The van der Waals surface area contributed by atoms with Crippen LogP contribution in [0.4, 0.5) is 36.6 Å². The van der Waals surface area contributed by atoms with E-state index in [4.69, 9.17) is 0 Å². The lowest BCUT2D eigenvalue weighted by Gasteiger charge is -2.29. The van der Waals surface area contributed by atoms with E-state index in [1.165, 1.54) is 19.0 Å². The minimum Gasteiger partial charge on any atom is -0.360 e. The molecule has 0 bridgehead atoms. The molecule has 0 aliphatic rings. The SMILES string of the molecule is CN(C)c1nc2c(cc1F)c(=O)c(C(=O)NC(C)(CCF)C(F)F)cn2-c1c(F)cc(F)cc1F. The Hall–Kier alpha value is -3.64. The number of benzene rings is 1. The first kappa shape index (κ1) is 26.0. The molecule has 0 spiro atoms. The monoisotopic (exact) mass is 504 g/mol. The number of anilines is 1. The van der Waals surface area contributed by atoms with Gasteiger partial charge in [-0.2, -0.15) is 0 Å². The lowest BCUT2D eigenvalue weighted by molar-refractivity contribution is 0.0288. The summed E-state index contributed by atoms with van der Waals surface area (Å²) in [7, 11) is 2.80. The summed E-state index contributed by atoms with van der Waals surface area (Å²) in [6.07, 6.45) is -3.43. The first-order valence-corrected chi connectivity index (χ1v) is 10.1. The summed E-state index contributed by atoms with van der Waals surface area (Å²) in [5.41, 5.74) is -5.95. The van der Waals surface area contributed by atoms with Crippen LogP contribution in [-0.2, 0) is 0 Å². The molecule has 0 saturated heterocycles. The number of nitrogens with zero attached hydrogens (tertiary/aromatic N) is 3. The van der Waals surface area contributed by atoms with E-state index < -0.39 is 81.9 Å². The van der Waals surface area contributed by atoms with Crippen molar-refractivity contribution in [1.82, 2.24) is 14.9 Å². The minimum atomic E-state index is -3.24. The predicted octanol–water partition coefficient (Wildman–Crippen LogP) is 4.12. The summed E-state index contributed by atoms with van der Waals surface area (Å²) in [6, 6.07) is 1.32. The van der Waals surface area contributed by atoms with Crippen LogP contribution in [0.15, 0.2) is 29.2 Å². The molecule has 13 heteroatoms. The van der Waals surface area contributed by atoms with Gasteiger partial charge in [0, 0.05) is 38.8 Å². The Morgan fingerprint density at radius 3 is 2.23 bits per heavy atom. The number of hydrogen-bond acceptors (Lipinski definition) is 4. The smallest absolute Gasteiger partial charge is 0.261 e. The highest BCUT2D eigenvalue weighted by molar-refractivity contribution is 5.97. The molecule has 35 heavy (non-hydrogen) atoms. The summed E-state index contributed by atoms with van der Waals surface area (Å²) in [5, 5.41) is 1.25. The molecule has 0 fully saturated rings. The molecular weight excluding hydrogens is 485 g/mol. The second-order valence-electron chi connectivity index (χ2n) is 8.13. The zero-order valence-electron chi connectivity index (χ0n) is 18.6. The van der Waals surface area contributed by atoms with E-state index in [-0.39, 0.29) is 5.82 Å². The molecule has 1 aromatic carbocycles. The average molecular weight is 504 g/mol. The van der Waals surface area contributed by atoms with Crippen LogP contribution in [0.3, 0.4) is 0 Å². The summed E-state index contributed by atoms with van der Waals surface area (Å²) < 4.78 is 97.8. The Kier molecular flexibility index (Phi) is 7.08. The van der Waals surface area contributed by atoms with Crippen LogP contribution in [0, 0.1) is 23.3 Å². The van der Waals surface area contributed by atoms with E-state index in [9.17, 15) is 40.3 Å². The molecule has 1 unspecified atom stereocenters. The van der Waals surface area contributed by atoms with Gasteiger partial charge >= 0.3 is 0 Å². The van der Waals surface area contributed by atoms with E-state index in [1.54, 1.807) is 0 Å². The van der Waals surface area contributed by atoms with E-state index in [0.717, 1.165) is 6.92 Å². The van der Waals surface area contributed by atoms with Gasteiger partial charge in [0.2, 0.25) is 5.43 Å². The molecule has 0 aliphatic carbocycles. The van der Waals surface area contributed by atoms with E-state index >= 15 is 0 Å². The quantitative estimate of drug-likeness (QED) is 0.492. The third kappa shape index (κ3) is 4.80. The van der Waals surface area contributed by atoms with Crippen molar-refractivity contribution in [2.75, 3.05) is 25.7 Å². The van der Waals surface area contributed by atoms with Gasteiger partial charge in [0.25, 0.3) is 12.3 Å². The molecule has 0 saturated carbocycles. The summed E-state index contributed by atoms with van der Waals surface area (Å²) in [6.45, 7) is -0.379. The van der Waals surface area contributed by atoms with Gasteiger partial charge in [-0.15, -0.1) is 0 Å². The molecular formula is C22H19F7N4O2. The van der Waals surface area contributed by atoms with Gasteiger partial charge in [0.1, 0.15) is 22.6 Å². The zero-order valence-corrected chi connectivity index (χ0v) is 18.6. The first-order valence-electron chi connectivity index (χ1n) is 10.1. The highest BCUT2D eigenvalue weighted by Crippen LogP contribution is 2.27. The first-order chi connectivity index (χ1) is 16.3. The standard InChI is InChI=1S/C22H19F7N4O2/c1-22(4-5-23,21(28)29)31-20(35)12-9-33(16-13(25)6-10(24)7-14(16)26)18-11(17(12)34)8-15(27)19(30-18)32(2)3/h6-9,21H,4-5H2,1-3H3,(H,31,35). The molecule has 0 radical (unpaired) electrons. The van der Waals surface area contributed by atoms with Crippen LogP contribution in [0.2, 0.25) is 0 Å². The highest BCUT2D eigenvalue weighted by Gasteiger charge is 2.37. The van der Waals surface area contributed by atoms with Crippen molar-refractivity contribution in [3.63, 3.8) is 0 Å². The van der Waals surface area contributed by atoms with Gasteiger partial charge in [-0.05, 0) is 13.0 Å². The summed E-state index contributed by atoms with van der Waals surface area (Å²) in [5.74, 6) is -6.96. The lowest BCUT2D eigenvalue weighted by Crippen LogP contribution is -2.52. The minimum absolute atomic E-state index is 0.327. The molecule has 1 N–H and O–H groups in total. The second-order valence-corrected chi connectivity index (χ2v) is 8.13. The Labute approximate surface area is 194 Å². The largest absolute Gasteiger partial charge is 0.360 e. The number of nitrogens with one attached hydrogen (secondary N) is 1. The lowest BCUT2D eigenvalue weighted by atomic mass is 9.98. The van der Waals surface area contributed by atoms with E-state index in [1.807, 2.05) is 5.32 Å². The molecule has 3 aromatic rings. The molecule has 2 aromatic heterocycles. The maximum atomic E-state index is 14.6. The Morgan fingerprint density at radius 2 is 1.71 bits per heavy atom. The molecule has 1 amide bonds. The van der Waals surface area contributed by atoms with Crippen LogP contribution in [0.5, 0.6) is 0 Å². The predicted molar refractivity (Wildman–Crippen MR) is 114 cm³/mol. The summed E-state index contributed by atoms with van der Waals surface area (Å²) in [4.78, 5) is 31.0. The third-order valence-electron chi connectivity index (χ3n) is 5.30. The van der Waals surface area contributed by atoms with Gasteiger partial charge in [0.15, 0.2) is 28.9 Å². The number of carbonyl (C=O) groups excluding carboxylic acids is 1. The fourth-order valence-corrected chi connectivity index (χ4v) is 3.37.